The lowest BCUT2D eigenvalue weighted by Gasteiger charge is -2.30. The lowest BCUT2D eigenvalue weighted by molar-refractivity contribution is -0.143. The van der Waals surface area contributed by atoms with Crippen LogP contribution in [0.2, 0.25) is 0 Å². The molecule has 162 valence electrons. The molecule has 5 heteroatoms. The Hall–Kier alpha value is -2.82. The first-order chi connectivity index (χ1) is 14.5. The minimum atomic E-state index is -0.532. The third-order valence-corrected chi connectivity index (χ3v) is 5.06. The first-order valence-corrected chi connectivity index (χ1v) is 10.8. The SMILES string of the molecule is CCCNC(=O)C(CC)N(Cc1cccc(C)c1)C(=O)COc1ccc(CC)cc1. The van der Waals surface area contributed by atoms with Crippen molar-refractivity contribution in [2.45, 2.75) is 59.5 Å². The number of carbonyl (C=O) groups excluding carboxylic acids is 2. The van der Waals surface area contributed by atoms with Crippen LogP contribution in [0.3, 0.4) is 0 Å². The van der Waals surface area contributed by atoms with Gasteiger partial charge in [-0.15, -0.1) is 0 Å². The topological polar surface area (TPSA) is 58.6 Å². The second-order valence-corrected chi connectivity index (χ2v) is 7.51. The number of benzene rings is 2. The lowest BCUT2D eigenvalue weighted by atomic mass is 10.1. The van der Waals surface area contributed by atoms with Crippen molar-refractivity contribution < 1.29 is 14.3 Å². The predicted molar refractivity (Wildman–Crippen MR) is 120 cm³/mol. The average Bonchev–Trinajstić information content (AvgIpc) is 2.76. The maximum absolute atomic E-state index is 13.1. The number of nitrogens with zero attached hydrogens (tertiary/aromatic N) is 1. The van der Waals surface area contributed by atoms with E-state index in [2.05, 4.69) is 12.2 Å². The number of carbonyl (C=O) groups is 2. The van der Waals surface area contributed by atoms with Crippen LogP contribution < -0.4 is 10.1 Å². The molecular weight excluding hydrogens is 376 g/mol. The highest BCUT2D eigenvalue weighted by molar-refractivity contribution is 5.88. The summed E-state index contributed by atoms with van der Waals surface area (Å²) in [6, 6.07) is 15.2. The molecule has 30 heavy (non-hydrogen) atoms. The first kappa shape index (κ1) is 23.5. The van der Waals surface area contributed by atoms with Crippen molar-refractivity contribution >= 4 is 11.8 Å². The van der Waals surface area contributed by atoms with Crippen LogP contribution in [-0.4, -0.2) is 35.9 Å². The Labute approximate surface area is 180 Å². The van der Waals surface area contributed by atoms with Crippen LogP contribution in [0.4, 0.5) is 0 Å². The van der Waals surface area contributed by atoms with Crippen LogP contribution in [-0.2, 0) is 22.6 Å². The molecule has 0 aliphatic rings. The summed E-state index contributed by atoms with van der Waals surface area (Å²) in [5.74, 6) is 0.335. The first-order valence-electron chi connectivity index (χ1n) is 10.8. The number of rotatable bonds is 11. The molecule has 0 aromatic heterocycles. The number of nitrogens with one attached hydrogen (secondary N) is 1. The van der Waals surface area contributed by atoms with E-state index >= 15 is 0 Å². The van der Waals surface area contributed by atoms with Gasteiger partial charge in [0.1, 0.15) is 11.8 Å². The van der Waals surface area contributed by atoms with Crippen LogP contribution >= 0.6 is 0 Å². The summed E-state index contributed by atoms with van der Waals surface area (Å²) in [5, 5.41) is 2.93. The van der Waals surface area contributed by atoms with Crippen molar-refractivity contribution in [1.82, 2.24) is 10.2 Å². The quantitative estimate of drug-likeness (QED) is 0.602. The van der Waals surface area contributed by atoms with Gasteiger partial charge in [-0.25, -0.2) is 0 Å². The normalized spacial score (nSPS) is 11.6. The van der Waals surface area contributed by atoms with Crippen molar-refractivity contribution in [3.8, 4) is 5.75 Å². The van der Waals surface area contributed by atoms with E-state index in [-0.39, 0.29) is 18.4 Å². The molecule has 2 aromatic carbocycles. The second kappa shape index (κ2) is 12.0. The van der Waals surface area contributed by atoms with Crippen LogP contribution in [0.25, 0.3) is 0 Å². The van der Waals surface area contributed by atoms with E-state index in [4.69, 9.17) is 4.74 Å². The van der Waals surface area contributed by atoms with Gasteiger partial charge in [-0.05, 0) is 49.4 Å². The number of hydrogen-bond acceptors (Lipinski definition) is 3. The Morgan fingerprint density at radius 1 is 1.03 bits per heavy atom. The van der Waals surface area contributed by atoms with E-state index in [0.29, 0.717) is 25.3 Å². The van der Waals surface area contributed by atoms with Gasteiger partial charge in [-0.3, -0.25) is 9.59 Å². The van der Waals surface area contributed by atoms with Crippen molar-refractivity contribution in [2.75, 3.05) is 13.2 Å². The summed E-state index contributed by atoms with van der Waals surface area (Å²) in [6.45, 7) is 8.92. The van der Waals surface area contributed by atoms with Crippen LogP contribution in [0.5, 0.6) is 5.75 Å². The van der Waals surface area contributed by atoms with E-state index in [9.17, 15) is 9.59 Å². The molecular formula is C25H34N2O3. The number of hydrogen-bond donors (Lipinski definition) is 1. The fourth-order valence-electron chi connectivity index (χ4n) is 3.34. The fraction of sp³-hybridized carbons (Fsp3) is 0.440. The van der Waals surface area contributed by atoms with E-state index in [1.807, 2.05) is 69.3 Å². The zero-order valence-corrected chi connectivity index (χ0v) is 18.6. The highest BCUT2D eigenvalue weighted by atomic mass is 16.5. The van der Waals surface area contributed by atoms with Crippen molar-refractivity contribution in [2.24, 2.45) is 0 Å². The monoisotopic (exact) mass is 410 g/mol. The van der Waals surface area contributed by atoms with Gasteiger partial charge in [0.25, 0.3) is 5.91 Å². The number of ether oxygens (including phenoxy) is 1. The van der Waals surface area contributed by atoms with Crippen LogP contribution in [0.1, 0.15) is 50.3 Å². The number of aryl methyl sites for hydroxylation is 2. The van der Waals surface area contributed by atoms with Crippen LogP contribution in [0.15, 0.2) is 48.5 Å². The highest BCUT2D eigenvalue weighted by Crippen LogP contribution is 2.16. The number of amides is 2. The van der Waals surface area contributed by atoms with Gasteiger partial charge in [0.05, 0.1) is 0 Å². The van der Waals surface area contributed by atoms with Gasteiger partial charge in [0.2, 0.25) is 5.91 Å². The molecule has 0 saturated heterocycles. The van der Waals surface area contributed by atoms with E-state index in [1.54, 1.807) is 4.90 Å². The third-order valence-electron chi connectivity index (χ3n) is 5.06. The Morgan fingerprint density at radius 2 is 1.77 bits per heavy atom. The molecule has 2 rings (SSSR count). The molecule has 5 nitrogen and oxygen atoms in total. The summed E-state index contributed by atoms with van der Waals surface area (Å²) >= 11 is 0. The van der Waals surface area contributed by atoms with E-state index in [1.165, 1.54) is 5.56 Å². The molecule has 0 spiro atoms. The van der Waals surface area contributed by atoms with E-state index in [0.717, 1.165) is 24.0 Å². The molecule has 1 N–H and O–H groups in total. The largest absolute Gasteiger partial charge is 0.484 e. The zero-order chi connectivity index (χ0) is 21.9. The Morgan fingerprint density at radius 3 is 2.37 bits per heavy atom. The summed E-state index contributed by atoms with van der Waals surface area (Å²) in [4.78, 5) is 27.5. The molecule has 0 heterocycles. The van der Waals surface area contributed by atoms with Gasteiger partial charge in [-0.1, -0.05) is 62.7 Å². The standard InChI is InChI=1S/C25H34N2O3/c1-5-15-26-25(29)23(7-3)27(17-21-10-8-9-19(4)16-21)24(28)18-30-22-13-11-20(6-2)12-14-22/h8-14,16,23H,5-7,15,17-18H2,1-4H3,(H,26,29). The molecule has 2 aromatic rings. The Balaban J connectivity index is 2.16. The van der Waals surface area contributed by atoms with Gasteiger partial charge in [-0.2, -0.15) is 0 Å². The van der Waals surface area contributed by atoms with Gasteiger partial charge in [0, 0.05) is 13.1 Å². The Kier molecular flexibility index (Phi) is 9.39. The Bertz CT molecular complexity index is 817. The smallest absolute Gasteiger partial charge is 0.261 e. The summed E-state index contributed by atoms with van der Waals surface area (Å²) in [7, 11) is 0. The van der Waals surface area contributed by atoms with Gasteiger partial charge < -0.3 is 15.0 Å². The minimum Gasteiger partial charge on any atom is -0.484 e. The molecule has 0 bridgehead atoms. The lowest BCUT2D eigenvalue weighted by Crippen LogP contribution is -2.50. The fourth-order valence-corrected chi connectivity index (χ4v) is 3.34. The van der Waals surface area contributed by atoms with E-state index < -0.39 is 6.04 Å². The second-order valence-electron chi connectivity index (χ2n) is 7.51. The maximum Gasteiger partial charge on any atom is 0.261 e. The summed E-state index contributed by atoms with van der Waals surface area (Å²) in [5.41, 5.74) is 3.33. The molecule has 0 saturated carbocycles. The predicted octanol–water partition coefficient (Wildman–Crippen LogP) is 4.27. The molecule has 0 fully saturated rings. The zero-order valence-electron chi connectivity index (χ0n) is 18.6. The van der Waals surface area contributed by atoms with Crippen molar-refractivity contribution in [3.05, 3.63) is 65.2 Å². The van der Waals surface area contributed by atoms with Crippen LogP contribution in [0, 0.1) is 6.92 Å². The molecule has 1 atom stereocenters. The van der Waals surface area contributed by atoms with Gasteiger partial charge >= 0.3 is 0 Å². The van der Waals surface area contributed by atoms with Crippen molar-refractivity contribution in [1.29, 1.82) is 0 Å². The minimum absolute atomic E-state index is 0.102. The molecule has 2 amide bonds. The molecule has 0 aliphatic carbocycles. The van der Waals surface area contributed by atoms with Crippen molar-refractivity contribution in [3.63, 3.8) is 0 Å². The molecule has 1 unspecified atom stereocenters. The average molecular weight is 411 g/mol. The third kappa shape index (κ3) is 6.90. The summed E-state index contributed by atoms with van der Waals surface area (Å²) in [6.07, 6.45) is 2.34. The maximum atomic E-state index is 13.1. The summed E-state index contributed by atoms with van der Waals surface area (Å²) < 4.78 is 5.74. The molecule has 0 aliphatic heterocycles. The van der Waals surface area contributed by atoms with Gasteiger partial charge in [0.15, 0.2) is 6.61 Å². The highest BCUT2D eigenvalue weighted by Gasteiger charge is 2.28. The molecule has 0 radical (unpaired) electrons.